The fraction of sp³-hybridized carbons (Fsp3) is 0.882. The normalized spacial score (nSPS) is 33.8. The molecular formula is C17H31N3O3. The Morgan fingerprint density at radius 1 is 1.13 bits per heavy atom. The first-order valence-corrected chi connectivity index (χ1v) is 8.93. The van der Waals surface area contributed by atoms with E-state index in [2.05, 4.69) is 24.5 Å². The molecule has 132 valence electrons. The molecule has 0 radical (unpaired) electrons. The Bertz CT molecular complexity index is 413. The lowest BCUT2D eigenvalue weighted by Gasteiger charge is -2.42. The Kier molecular flexibility index (Phi) is 6.27. The van der Waals surface area contributed by atoms with Crippen molar-refractivity contribution in [2.75, 3.05) is 13.1 Å². The van der Waals surface area contributed by atoms with Crippen LogP contribution in [0.15, 0.2) is 0 Å². The summed E-state index contributed by atoms with van der Waals surface area (Å²) in [4.78, 5) is 25.0. The van der Waals surface area contributed by atoms with Crippen LogP contribution in [0.1, 0.15) is 52.9 Å². The highest BCUT2D eigenvalue weighted by molar-refractivity contribution is 5.74. The molecule has 0 aromatic heterocycles. The van der Waals surface area contributed by atoms with E-state index >= 15 is 0 Å². The second-order valence-corrected chi connectivity index (χ2v) is 7.31. The number of nitrogens with zero attached hydrogens (tertiary/aromatic N) is 1. The molecule has 0 aromatic rings. The van der Waals surface area contributed by atoms with E-state index in [0.717, 1.165) is 19.4 Å². The summed E-state index contributed by atoms with van der Waals surface area (Å²) in [6, 6.07) is 0.630. The van der Waals surface area contributed by atoms with E-state index in [1.807, 2.05) is 11.8 Å². The van der Waals surface area contributed by atoms with Crippen molar-refractivity contribution in [2.45, 2.75) is 71.0 Å². The SMILES string of the molecule is CCN(CC(=O)O)C1CC(NC(=O)NC2C(C)CCCC2C)C1. The predicted octanol–water partition coefficient (Wildman–Crippen LogP) is 2.05. The maximum atomic E-state index is 12.2. The summed E-state index contributed by atoms with van der Waals surface area (Å²) < 4.78 is 0. The molecule has 2 unspecified atom stereocenters. The maximum absolute atomic E-state index is 12.2. The highest BCUT2D eigenvalue weighted by Crippen LogP contribution is 2.29. The molecule has 0 saturated heterocycles. The highest BCUT2D eigenvalue weighted by Gasteiger charge is 2.35. The van der Waals surface area contributed by atoms with Gasteiger partial charge in [-0.2, -0.15) is 0 Å². The van der Waals surface area contributed by atoms with Gasteiger partial charge in [-0.15, -0.1) is 0 Å². The van der Waals surface area contributed by atoms with E-state index in [9.17, 15) is 9.59 Å². The van der Waals surface area contributed by atoms with Crippen LogP contribution in [0.2, 0.25) is 0 Å². The van der Waals surface area contributed by atoms with Crippen LogP contribution < -0.4 is 10.6 Å². The minimum absolute atomic E-state index is 0.0691. The molecule has 0 bridgehead atoms. The van der Waals surface area contributed by atoms with Crippen LogP contribution >= 0.6 is 0 Å². The van der Waals surface area contributed by atoms with Crippen LogP contribution in [0, 0.1) is 11.8 Å². The highest BCUT2D eigenvalue weighted by atomic mass is 16.4. The van der Waals surface area contributed by atoms with Gasteiger partial charge in [-0.3, -0.25) is 9.69 Å². The van der Waals surface area contributed by atoms with Crippen LogP contribution in [0.5, 0.6) is 0 Å². The second-order valence-electron chi connectivity index (χ2n) is 7.31. The quantitative estimate of drug-likeness (QED) is 0.698. The Labute approximate surface area is 139 Å². The molecule has 3 N–H and O–H groups in total. The molecule has 0 aromatic carbocycles. The number of nitrogens with one attached hydrogen (secondary N) is 2. The fourth-order valence-corrected chi connectivity index (χ4v) is 4.02. The van der Waals surface area contributed by atoms with Gasteiger partial charge in [-0.1, -0.05) is 27.2 Å². The molecule has 2 fully saturated rings. The molecule has 6 nitrogen and oxygen atoms in total. The van der Waals surface area contributed by atoms with E-state index in [-0.39, 0.29) is 30.7 Å². The molecule has 23 heavy (non-hydrogen) atoms. The smallest absolute Gasteiger partial charge is 0.317 e. The zero-order chi connectivity index (χ0) is 17.0. The second kappa shape index (κ2) is 7.99. The number of hydrogen-bond acceptors (Lipinski definition) is 3. The molecule has 2 atom stereocenters. The average molecular weight is 325 g/mol. The van der Waals surface area contributed by atoms with Crippen molar-refractivity contribution in [3.05, 3.63) is 0 Å². The number of carbonyl (C=O) groups is 2. The fourth-order valence-electron chi connectivity index (χ4n) is 4.02. The summed E-state index contributed by atoms with van der Waals surface area (Å²) in [7, 11) is 0. The van der Waals surface area contributed by atoms with Gasteiger partial charge in [0, 0.05) is 18.1 Å². The Hall–Kier alpha value is -1.30. The third-order valence-electron chi connectivity index (χ3n) is 5.55. The number of aliphatic carboxylic acids is 1. The van der Waals surface area contributed by atoms with Crippen molar-refractivity contribution in [3.63, 3.8) is 0 Å². The van der Waals surface area contributed by atoms with Crippen molar-refractivity contribution >= 4 is 12.0 Å². The molecule has 0 heterocycles. The van der Waals surface area contributed by atoms with Crippen LogP contribution in [0.3, 0.4) is 0 Å². The van der Waals surface area contributed by atoms with Gasteiger partial charge in [-0.25, -0.2) is 4.79 Å². The van der Waals surface area contributed by atoms with Gasteiger partial charge in [0.2, 0.25) is 0 Å². The van der Waals surface area contributed by atoms with E-state index in [0.29, 0.717) is 11.8 Å². The van der Waals surface area contributed by atoms with Crippen molar-refractivity contribution < 1.29 is 14.7 Å². The van der Waals surface area contributed by atoms with E-state index in [1.165, 1.54) is 19.3 Å². The number of likely N-dealkylation sites (N-methyl/N-ethyl adjacent to an activating group) is 1. The average Bonchev–Trinajstić information content (AvgIpc) is 2.44. The third kappa shape index (κ3) is 4.83. The summed E-state index contributed by atoms with van der Waals surface area (Å²) in [5.74, 6) is 0.274. The molecule has 2 aliphatic rings. The van der Waals surface area contributed by atoms with Crippen molar-refractivity contribution in [3.8, 4) is 0 Å². The van der Waals surface area contributed by atoms with E-state index in [4.69, 9.17) is 5.11 Å². The Morgan fingerprint density at radius 2 is 1.74 bits per heavy atom. The van der Waals surface area contributed by atoms with Crippen molar-refractivity contribution in [1.29, 1.82) is 0 Å². The molecule has 0 spiro atoms. The minimum Gasteiger partial charge on any atom is -0.480 e. The van der Waals surface area contributed by atoms with Crippen molar-refractivity contribution in [1.82, 2.24) is 15.5 Å². The van der Waals surface area contributed by atoms with Crippen LogP contribution in [-0.2, 0) is 4.79 Å². The standard InChI is InChI=1S/C17H31N3O3/c1-4-20(10-15(21)22)14-8-13(9-14)18-17(23)19-16-11(2)6-5-7-12(16)3/h11-14,16H,4-10H2,1-3H3,(H,21,22)(H2,18,19,23). The minimum atomic E-state index is -0.790. The van der Waals surface area contributed by atoms with Crippen LogP contribution in [-0.4, -0.2) is 53.2 Å². The van der Waals surface area contributed by atoms with Crippen LogP contribution in [0.25, 0.3) is 0 Å². The number of amides is 2. The van der Waals surface area contributed by atoms with Crippen molar-refractivity contribution in [2.24, 2.45) is 11.8 Å². The van der Waals surface area contributed by atoms with Crippen LogP contribution in [0.4, 0.5) is 4.79 Å². The first-order valence-electron chi connectivity index (χ1n) is 8.93. The van der Waals surface area contributed by atoms with Gasteiger partial charge in [0.25, 0.3) is 0 Å². The summed E-state index contributed by atoms with van der Waals surface area (Å²) in [5.41, 5.74) is 0. The van der Waals surface area contributed by atoms with Gasteiger partial charge < -0.3 is 15.7 Å². The van der Waals surface area contributed by atoms with E-state index in [1.54, 1.807) is 0 Å². The molecule has 2 saturated carbocycles. The maximum Gasteiger partial charge on any atom is 0.317 e. The number of carboxylic acid groups (broad SMARTS) is 1. The molecule has 0 aliphatic heterocycles. The number of hydrogen-bond donors (Lipinski definition) is 3. The zero-order valence-corrected chi connectivity index (χ0v) is 14.5. The molecular weight excluding hydrogens is 294 g/mol. The Balaban J connectivity index is 1.72. The summed E-state index contributed by atoms with van der Waals surface area (Å²) in [5, 5.41) is 15.1. The largest absolute Gasteiger partial charge is 0.480 e. The zero-order valence-electron chi connectivity index (χ0n) is 14.5. The summed E-state index contributed by atoms with van der Waals surface area (Å²) in [6.45, 7) is 7.21. The monoisotopic (exact) mass is 325 g/mol. The summed E-state index contributed by atoms with van der Waals surface area (Å²) >= 11 is 0. The first-order chi connectivity index (χ1) is 10.9. The number of carbonyl (C=O) groups excluding carboxylic acids is 1. The van der Waals surface area contributed by atoms with Gasteiger partial charge in [0.1, 0.15) is 0 Å². The molecule has 2 aliphatic carbocycles. The third-order valence-corrected chi connectivity index (χ3v) is 5.55. The van der Waals surface area contributed by atoms with Gasteiger partial charge in [0.05, 0.1) is 6.54 Å². The number of rotatable bonds is 6. The summed E-state index contributed by atoms with van der Waals surface area (Å²) in [6.07, 6.45) is 5.29. The Morgan fingerprint density at radius 3 is 2.26 bits per heavy atom. The lowest BCUT2D eigenvalue weighted by Crippen LogP contribution is -2.58. The topological polar surface area (TPSA) is 81.7 Å². The van der Waals surface area contributed by atoms with Gasteiger partial charge in [-0.05, 0) is 44.1 Å². The molecule has 6 heteroatoms. The predicted molar refractivity (Wildman–Crippen MR) is 89.3 cm³/mol. The molecule has 2 amide bonds. The molecule has 2 rings (SSSR count). The lowest BCUT2D eigenvalue weighted by molar-refractivity contribution is -0.139. The number of carboxylic acids is 1. The van der Waals surface area contributed by atoms with E-state index < -0.39 is 5.97 Å². The van der Waals surface area contributed by atoms with Gasteiger partial charge >= 0.3 is 12.0 Å². The first kappa shape index (κ1) is 18.0. The number of urea groups is 1. The van der Waals surface area contributed by atoms with Gasteiger partial charge in [0.15, 0.2) is 0 Å². The lowest BCUT2D eigenvalue weighted by atomic mass is 9.79.